The number of hydrogen-bond donors (Lipinski definition) is 1. The zero-order chi connectivity index (χ0) is 16.9. The zero-order valence-corrected chi connectivity index (χ0v) is 17.4. The fraction of sp³-hybridized carbons (Fsp3) is 0.474. The van der Waals surface area contributed by atoms with Crippen LogP contribution >= 0.6 is 24.0 Å². The van der Waals surface area contributed by atoms with E-state index in [1.54, 1.807) is 0 Å². The number of para-hydroxylation sites is 1. The van der Waals surface area contributed by atoms with Crippen LogP contribution in [0.4, 0.5) is 0 Å². The van der Waals surface area contributed by atoms with Gasteiger partial charge in [-0.25, -0.2) is 9.67 Å². The van der Waals surface area contributed by atoms with Crippen molar-refractivity contribution in [2.24, 2.45) is 10.7 Å². The highest BCUT2D eigenvalue weighted by atomic mass is 127. The van der Waals surface area contributed by atoms with E-state index in [-0.39, 0.29) is 24.0 Å². The average Bonchev–Trinajstić information content (AvgIpc) is 2.79. The number of halogens is 1. The van der Waals surface area contributed by atoms with Crippen LogP contribution in [0.2, 0.25) is 0 Å². The van der Waals surface area contributed by atoms with Crippen LogP contribution in [0, 0.1) is 13.8 Å². The minimum Gasteiger partial charge on any atom is -0.370 e. The minimum absolute atomic E-state index is 0. The quantitative estimate of drug-likeness (QED) is 0.437. The molecule has 1 saturated heterocycles. The number of rotatable bonds is 3. The summed E-state index contributed by atoms with van der Waals surface area (Å²) in [5.41, 5.74) is 10.6. The van der Waals surface area contributed by atoms with Gasteiger partial charge in [-0.15, -0.1) is 24.0 Å². The lowest BCUT2D eigenvalue weighted by Crippen LogP contribution is -2.38. The normalized spacial score (nSPS) is 15.6. The second-order valence-corrected chi connectivity index (χ2v) is 6.47. The number of nitrogens with two attached hydrogens (primary N) is 1. The lowest BCUT2D eigenvalue weighted by atomic mass is 10.2. The number of hydrogen-bond acceptors (Lipinski definition) is 2. The van der Waals surface area contributed by atoms with Gasteiger partial charge in [-0.1, -0.05) is 31.0 Å². The van der Waals surface area contributed by atoms with Crippen molar-refractivity contribution < 1.29 is 0 Å². The SMILES string of the molecule is Cc1nn(-c2ccccc2)c(C)c1CN=C(N)N1CCCCCC1.I. The van der Waals surface area contributed by atoms with Gasteiger partial charge < -0.3 is 10.6 Å². The first-order chi connectivity index (χ1) is 11.7. The average molecular weight is 453 g/mol. The molecule has 5 nitrogen and oxygen atoms in total. The summed E-state index contributed by atoms with van der Waals surface area (Å²) >= 11 is 0. The Balaban J connectivity index is 0.00000225. The highest BCUT2D eigenvalue weighted by Crippen LogP contribution is 2.19. The number of benzene rings is 1. The van der Waals surface area contributed by atoms with Gasteiger partial charge in [-0.3, -0.25) is 0 Å². The van der Waals surface area contributed by atoms with Crippen molar-refractivity contribution in [1.82, 2.24) is 14.7 Å². The highest BCUT2D eigenvalue weighted by Gasteiger charge is 2.14. The molecule has 0 atom stereocenters. The summed E-state index contributed by atoms with van der Waals surface area (Å²) in [6.45, 7) is 6.78. The molecule has 1 fully saturated rings. The Morgan fingerprint density at radius 3 is 2.36 bits per heavy atom. The number of aromatic nitrogens is 2. The molecule has 0 spiro atoms. The molecule has 0 unspecified atom stereocenters. The number of aliphatic imine (C=N–C) groups is 1. The smallest absolute Gasteiger partial charge is 0.191 e. The maximum Gasteiger partial charge on any atom is 0.191 e. The summed E-state index contributed by atoms with van der Waals surface area (Å²) in [7, 11) is 0. The number of nitrogens with zero attached hydrogens (tertiary/aromatic N) is 4. The topological polar surface area (TPSA) is 59.4 Å². The lowest BCUT2D eigenvalue weighted by molar-refractivity contribution is 0.428. The molecule has 25 heavy (non-hydrogen) atoms. The number of likely N-dealkylation sites (tertiary alicyclic amines) is 1. The zero-order valence-electron chi connectivity index (χ0n) is 15.1. The molecule has 1 aliphatic heterocycles. The van der Waals surface area contributed by atoms with Gasteiger partial charge in [-0.05, 0) is 38.8 Å². The van der Waals surface area contributed by atoms with Crippen LogP contribution in [0.25, 0.3) is 5.69 Å². The molecule has 0 aliphatic carbocycles. The molecule has 3 rings (SSSR count). The Hall–Kier alpha value is -1.57. The van der Waals surface area contributed by atoms with Gasteiger partial charge in [0, 0.05) is 24.3 Å². The molecule has 136 valence electrons. The Morgan fingerprint density at radius 2 is 1.72 bits per heavy atom. The van der Waals surface area contributed by atoms with Crippen LogP contribution in [-0.4, -0.2) is 33.7 Å². The number of guanidine groups is 1. The molecule has 1 aromatic heterocycles. The van der Waals surface area contributed by atoms with Crippen molar-refractivity contribution in [3.8, 4) is 5.69 Å². The molecule has 1 aliphatic rings. The molecule has 0 saturated carbocycles. The van der Waals surface area contributed by atoms with Crippen LogP contribution in [0.1, 0.15) is 42.6 Å². The van der Waals surface area contributed by atoms with Crippen molar-refractivity contribution in [1.29, 1.82) is 0 Å². The van der Waals surface area contributed by atoms with E-state index in [1.165, 1.54) is 25.7 Å². The fourth-order valence-corrected chi connectivity index (χ4v) is 3.28. The lowest BCUT2D eigenvalue weighted by Gasteiger charge is -2.21. The van der Waals surface area contributed by atoms with E-state index < -0.39 is 0 Å². The molecule has 2 heterocycles. The van der Waals surface area contributed by atoms with E-state index in [0.717, 1.165) is 35.7 Å². The summed E-state index contributed by atoms with van der Waals surface area (Å²) < 4.78 is 1.99. The fourth-order valence-electron chi connectivity index (χ4n) is 3.28. The van der Waals surface area contributed by atoms with Gasteiger partial charge in [0.25, 0.3) is 0 Å². The summed E-state index contributed by atoms with van der Waals surface area (Å²) in [5, 5.41) is 4.68. The van der Waals surface area contributed by atoms with E-state index in [2.05, 4.69) is 34.0 Å². The Bertz CT molecular complexity index is 700. The van der Waals surface area contributed by atoms with Crippen LogP contribution in [0.15, 0.2) is 35.3 Å². The van der Waals surface area contributed by atoms with E-state index in [9.17, 15) is 0 Å². The third kappa shape index (κ3) is 4.74. The predicted octanol–water partition coefficient (Wildman–Crippen LogP) is 3.80. The molecule has 2 N–H and O–H groups in total. The van der Waals surface area contributed by atoms with Gasteiger partial charge in [0.05, 0.1) is 17.9 Å². The van der Waals surface area contributed by atoms with Gasteiger partial charge in [-0.2, -0.15) is 5.10 Å². The molecule has 6 heteroatoms. The molecular weight excluding hydrogens is 425 g/mol. The maximum absolute atomic E-state index is 6.23. The molecular formula is C19H28IN5. The second kappa shape index (κ2) is 9.22. The summed E-state index contributed by atoms with van der Waals surface area (Å²) in [5.74, 6) is 0.670. The van der Waals surface area contributed by atoms with Crippen LogP contribution in [0.5, 0.6) is 0 Å². The molecule has 0 radical (unpaired) electrons. The third-order valence-corrected chi connectivity index (χ3v) is 4.77. The number of aryl methyl sites for hydroxylation is 1. The van der Waals surface area contributed by atoms with Crippen molar-refractivity contribution in [2.75, 3.05) is 13.1 Å². The van der Waals surface area contributed by atoms with E-state index in [1.807, 2.05) is 29.8 Å². The van der Waals surface area contributed by atoms with Gasteiger partial charge in [0.15, 0.2) is 5.96 Å². The highest BCUT2D eigenvalue weighted by molar-refractivity contribution is 14.0. The van der Waals surface area contributed by atoms with Crippen molar-refractivity contribution in [2.45, 2.75) is 46.1 Å². The Labute approximate surface area is 167 Å². The Kier molecular flexibility index (Phi) is 7.28. The monoisotopic (exact) mass is 453 g/mol. The van der Waals surface area contributed by atoms with E-state index >= 15 is 0 Å². The van der Waals surface area contributed by atoms with Crippen LogP contribution in [-0.2, 0) is 6.54 Å². The molecule has 0 amide bonds. The summed E-state index contributed by atoms with van der Waals surface area (Å²) in [6.07, 6.45) is 5.01. The predicted molar refractivity (Wildman–Crippen MR) is 114 cm³/mol. The van der Waals surface area contributed by atoms with Gasteiger partial charge in [0.1, 0.15) is 0 Å². The summed E-state index contributed by atoms with van der Waals surface area (Å²) in [4.78, 5) is 6.88. The van der Waals surface area contributed by atoms with E-state index in [0.29, 0.717) is 12.5 Å². The standard InChI is InChI=1S/C19H27N5.HI/c1-15-18(14-21-19(20)23-12-8-3-4-9-13-23)16(2)24(22-15)17-10-6-5-7-11-17;/h5-7,10-11H,3-4,8-9,12-14H2,1-2H3,(H2,20,21);1H. The first kappa shape index (κ1) is 19.8. The maximum atomic E-state index is 6.23. The first-order valence-electron chi connectivity index (χ1n) is 8.82. The second-order valence-electron chi connectivity index (χ2n) is 6.47. The molecule has 0 bridgehead atoms. The van der Waals surface area contributed by atoms with Crippen molar-refractivity contribution >= 4 is 29.9 Å². The van der Waals surface area contributed by atoms with Crippen molar-refractivity contribution in [3.05, 3.63) is 47.3 Å². The van der Waals surface area contributed by atoms with E-state index in [4.69, 9.17) is 5.73 Å². The molecule has 1 aromatic carbocycles. The van der Waals surface area contributed by atoms with Gasteiger partial charge >= 0.3 is 0 Å². The van der Waals surface area contributed by atoms with Crippen LogP contribution in [0.3, 0.4) is 0 Å². The molecule has 2 aromatic rings. The largest absolute Gasteiger partial charge is 0.370 e. The van der Waals surface area contributed by atoms with Crippen LogP contribution < -0.4 is 5.73 Å². The first-order valence-corrected chi connectivity index (χ1v) is 8.82. The Morgan fingerprint density at radius 1 is 1.08 bits per heavy atom. The summed E-state index contributed by atoms with van der Waals surface area (Å²) in [6, 6.07) is 10.2. The minimum atomic E-state index is 0. The third-order valence-electron chi connectivity index (χ3n) is 4.77. The van der Waals surface area contributed by atoms with Crippen molar-refractivity contribution in [3.63, 3.8) is 0 Å². The van der Waals surface area contributed by atoms with Gasteiger partial charge in [0.2, 0.25) is 0 Å².